The zero-order valence-corrected chi connectivity index (χ0v) is 18.0. The Balaban J connectivity index is 1.89. The summed E-state index contributed by atoms with van der Waals surface area (Å²) in [6.45, 7) is 5.21. The van der Waals surface area contributed by atoms with Gasteiger partial charge in [0.25, 0.3) is 5.91 Å². The van der Waals surface area contributed by atoms with Gasteiger partial charge in [0.05, 0.1) is 23.0 Å². The smallest absolute Gasteiger partial charge is 0.404 e. The number of carbonyl (C=O) groups is 2. The minimum atomic E-state index is -0.808. The summed E-state index contributed by atoms with van der Waals surface area (Å²) in [4.78, 5) is 36.8. The van der Waals surface area contributed by atoms with Crippen LogP contribution in [0.15, 0.2) is 4.47 Å². The fourth-order valence-corrected chi connectivity index (χ4v) is 4.90. The third kappa shape index (κ3) is 3.55. The van der Waals surface area contributed by atoms with Crippen molar-refractivity contribution in [1.82, 2.24) is 9.78 Å². The highest BCUT2D eigenvalue weighted by Crippen LogP contribution is 2.40. The molecule has 1 aliphatic rings. The molecule has 150 valence electrons. The first-order chi connectivity index (χ1) is 13.3. The van der Waals surface area contributed by atoms with Crippen LogP contribution in [0.3, 0.4) is 0 Å². The van der Waals surface area contributed by atoms with E-state index in [1.54, 1.807) is 20.8 Å². The van der Waals surface area contributed by atoms with E-state index >= 15 is 0 Å². The van der Waals surface area contributed by atoms with E-state index in [1.807, 2.05) is 0 Å². The van der Waals surface area contributed by atoms with Crippen molar-refractivity contribution in [2.45, 2.75) is 46.1 Å². The van der Waals surface area contributed by atoms with Gasteiger partial charge < -0.3 is 20.2 Å². The molecule has 0 fully saturated rings. The Hall–Kier alpha value is -2.27. The van der Waals surface area contributed by atoms with Crippen molar-refractivity contribution in [1.29, 1.82) is 0 Å². The summed E-state index contributed by atoms with van der Waals surface area (Å²) in [5.74, 6) is -1.21. The number of aryl methyl sites for hydroxylation is 1. The Bertz CT molecular complexity index is 967. The average molecular weight is 471 g/mol. The van der Waals surface area contributed by atoms with Gasteiger partial charge in [-0.2, -0.15) is 4.68 Å². The Morgan fingerprint density at radius 3 is 2.79 bits per heavy atom. The lowest BCUT2D eigenvalue weighted by atomic mass is 10.1. The largest absolute Gasteiger partial charge is 0.462 e. The minimum absolute atomic E-state index is 0.236. The quantitative estimate of drug-likeness (QED) is 0.389. The van der Waals surface area contributed by atoms with Crippen molar-refractivity contribution in [3.05, 3.63) is 36.3 Å². The van der Waals surface area contributed by atoms with Gasteiger partial charge in [0.2, 0.25) is 0 Å². The Labute approximate surface area is 173 Å². The van der Waals surface area contributed by atoms with Crippen LogP contribution in [0.4, 0.5) is 10.8 Å². The zero-order chi connectivity index (χ0) is 20.6. The molecule has 0 spiro atoms. The maximum absolute atomic E-state index is 12.8. The molecule has 1 atom stereocenters. The topological polar surface area (TPSA) is 116 Å². The fourth-order valence-electron chi connectivity index (χ4n) is 3.22. The van der Waals surface area contributed by atoms with Crippen molar-refractivity contribution < 1.29 is 19.2 Å². The van der Waals surface area contributed by atoms with Crippen molar-refractivity contribution in [3.8, 4) is 0 Å². The van der Waals surface area contributed by atoms with Crippen LogP contribution in [-0.4, -0.2) is 33.2 Å². The number of aromatic nitrogens is 2. The van der Waals surface area contributed by atoms with Crippen LogP contribution in [0.25, 0.3) is 0 Å². The number of amides is 1. The van der Waals surface area contributed by atoms with Crippen LogP contribution in [0, 0.1) is 17.0 Å². The van der Waals surface area contributed by atoms with E-state index in [9.17, 15) is 19.7 Å². The van der Waals surface area contributed by atoms with E-state index in [1.165, 1.54) is 16.0 Å². The van der Waals surface area contributed by atoms with Gasteiger partial charge in [-0.3, -0.25) is 4.79 Å². The molecule has 0 saturated heterocycles. The lowest BCUT2D eigenvalue weighted by Crippen LogP contribution is -2.26. The number of hydrogen-bond acceptors (Lipinski definition) is 7. The number of thiophene rings is 1. The van der Waals surface area contributed by atoms with Crippen LogP contribution in [0.1, 0.15) is 52.8 Å². The lowest BCUT2D eigenvalue weighted by molar-refractivity contribution is -0.390. The second kappa shape index (κ2) is 8.00. The number of ether oxygens (including phenoxy) is 1. The summed E-state index contributed by atoms with van der Waals surface area (Å²) in [6, 6.07) is -0.808. The molecule has 0 radical (unpaired) electrons. The number of carbonyl (C=O) groups excluding carboxylic acids is 2. The highest BCUT2D eigenvalue weighted by molar-refractivity contribution is 9.10. The molecular weight excluding hydrogens is 452 g/mol. The summed E-state index contributed by atoms with van der Waals surface area (Å²) >= 11 is 4.53. The number of rotatable bonds is 6. The van der Waals surface area contributed by atoms with Gasteiger partial charge in [-0.15, -0.1) is 11.3 Å². The second-order valence-electron chi connectivity index (χ2n) is 6.37. The van der Waals surface area contributed by atoms with Crippen LogP contribution >= 0.6 is 27.3 Å². The highest BCUT2D eigenvalue weighted by Gasteiger charge is 2.32. The zero-order valence-electron chi connectivity index (χ0n) is 15.6. The van der Waals surface area contributed by atoms with Gasteiger partial charge >= 0.3 is 11.8 Å². The first-order valence-electron chi connectivity index (χ1n) is 8.77. The first-order valence-corrected chi connectivity index (χ1v) is 10.4. The fraction of sp³-hybridized carbons (Fsp3) is 0.471. The number of esters is 1. The lowest BCUT2D eigenvalue weighted by Gasteiger charge is -2.12. The molecule has 3 rings (SSSR count). The number of nitrogens with one attached hydrogen (secondary N) is 1. The van der Waals surface area contributed by atoms with E-state index in [0.717, 1.165) is 29.7 Å². The summed E-state index contributed by atoms with van der Waals surface area (Å²) < 4.78 is 6.69. The Morgan fingerprint density at radius 2 is 2.18 bits per heavy atom. The third-order valence-electron chi connectivity index (χ3n) is 4.62. The molecule has 1 aliphatic carbocycles. The SMILES string of the molecule is CCOC(=O)c1c(NC(=O)[C@@H](C)n2nc([N+](=O)[O-])c(Br)c2C)sc2c1CCC2. The summed E-state index contributed by atoms with van der Waals surface area (Å²) in [5, 5.41) is 18.3. The molecule has 9 nitrogen and oxygen atoms in total. The number of nitro groups is 1. The van der Waals surface area contributed by atoms with Crippen molar-refractivity contribution in [2.24, 2.45) is 0 Å². The Morgan fingerprint density at radius 1 is 1.46 bits per heavy atom. The maximum Gasteiger partial charge on any atom is 0.404 e. The minimum Gasteiger partial charge on any atom is -0.462 e. The molecule has 2 aromatic heterocycles. The van der Waals surface area contributed by atoms with E-state index in [0.29, 0.717) is 16.3 Å². The molecule has 1 amide bonds. The van der Waals surface area contributed by atoms with E-state index in [-0.39, 0.29) is 16.9 Å². The van der Waals surface area contributed by atoms with Crippen LogP contribution in [0.2, 0.25) is 0 Å². The predicted molar refractivity (Wildman–Crippen MR) is 107 cm³/mol. The maximum atomic E-state index is 12.8. The molecule has 2 heterocycles. The molecule has 0 aliphatic heterocycles. The number of fused-ring (bicyclic) bond motifs is 1. The van der Waals surface area contributed by atoms with E-state index < -0.39 is 22.8 Å². The summed E-state index contributed by atoms with van der Waals surface area (Å²) in [7, 11) is 0. The van der Waals surface area contributed by atoms with Crippen LogP contribution in [0.5, 0.6) is 0 Å². The van der Waals surface area contributed by atoms with E-state index in [4.69, 9.17) is 4.74 Å². The molecule has 1 N–H and O–H groups in total. The number of hydrogen-bond donors (Lipinski definition) is 1. The Kier molecular flexibility index (Phi) is 5.84. The second-order valence-corrected chi connectivity index (χ2v) is 8.27. The monoisotopic (exact) mass is 470 g/mol. The normalized spacial score (nSPS) is 13.9. The van der Waals surface area contributed by atoms with Gasteiger partial charge in [0, 0.05) is 4.88 Å². The summed E-state index contributed by atoms with van der Waals surface area (Å²) in [5.41, 5.74) is 1.83. The van der Waals surface area contributed by atoms with Gasteiger partial charge in [0.1, 0.15) is 15.5 Å². The van der Waals surface area contributed by atoms with Crippen LogP contribution in [-0.2, 0) is 22.4 Å². The molecule has 0 aromatic carbocycles. The highest BCUT2D eigenvalue weighted by atomic mass is 79.9. The van der Waals surface area contributed by atoms with Crippen molar-refractivity contribution in [3.63, 3.8) is 0 Å². The van der Waals surface area contributed by atoms with Gasteiger partial charge in [0.15, 0.2) is 0 Å². The number of halogens is 1. The molecule has 2 aromatic rings. The number of anilines is 1. The van der Waals surface area contributed by atoms with Gasteiger partial charge in [-0.05, 0) is 66.5 Å². The molecular formula is C17H19BrN4O5S. The van der Waals surface area contributed by atoms with Gasteiger partial charge in [-0.25, -0.2) is 4.79 Å². The molecule has 0 unspecified atom stereocenters. The molecule has 0 saturated carbocycles. The standard InChI is InChI=1S/C17H19BrN4O5S/c1-4-27-17(24)12-10-6-5-7-11(10)28-16(12)19-15(23)9(3)21-8(2)13(18)14(20-21)22(25)26/h9H,4-7H2,1-3H3,(H,19,23)/t9-/m1/s1. The van der Waals surface area contributed by atoms with E-state index in [2.05, 4.69) is 26.3 Å². The van der Waals surface area contributed by atoms with Crippen molar-refractivity contribution in [2.75, 3.05) is 11.9 Å². The van der Waals surface area contributed by atoms with Gasteiger partial charge in [-0.1, -0.05) is 0 Å². The van der Waals surface area contributed by atoms with Crippen LogP contribution < -0.4 is 5.32 Å². The summed E-state index contributed by atoms with van der Waals surface area (Å²) in [6.07, 6.45) is 2.63. The molecule has 11 heteroatoms. The average Bonchev–Trinajstić information content (AvgIpc) is 3.28. The number of nitrogens with zero attached hydrogens (tertiary/aromatic N) is 3. The first kappa shape index (κ1) is 20.5. The molecule has 0 bridgehead atoms. The third-order valence-corrected chi connectivity index (χ3v) is 6.75. The molecule has 28 heavy (non-hydrogen) atoms. The van der Waals surface area contributed by atoms with Crippen molar-refractivity contribution >= 4 is 50.0 Å². The predicted octanol–water partition coefficient (Wildman–Crippen LogP) is 3.79.